The summed E-state index contributed by atoms with van der Waals surface area (Å²) in [6.07, 6.45) is 2.98. The van der Waals surface area contributed by atoms with E-state index in [0.717, 1.165) is 23.8 Å². The zero-order valence-electron chi connectivity index (χ0n) is 11.5. The summed E-state index contributed by atoms with van der Waals surface area (Å²) in [6, 6.07) is 1.16. The summed E-state index contributed by atoms with van der Waals surface area (Å²) < 4.78 is 17.5. The van der Waals surface area contributed by atoms with Crippen molar-refractivity contribution in [2.45, 2.75) is 31.4 Å². The molecule has 1 aromatic carbocycles. The standard InChI is InChI=1S/C15H12ClFN2O2S/c16-10-5-11(17)13(9-6-22-18-12(9)10)19-14(20)7-3-1-2-4-8(7)15(19)21/h5,18H,1-4,6H2. The number of nitrogens with zero attached hydrogens (tertiary/aromatic N) is 1. The van der Waals surface area contributed by atoms with Crippen LogP contribution in [0.2, 0.25) is 5.02 Å². The number of fused-ring (bicyclic) bond motifs is 1. The molecule has 1 N–H and O–H groups in total. The van der Waals surface area contributed by atoms with Gasteiger partial charge < -0.3 is 4.72 Å². The molecule has 0 saturated heterocycles. The Balaban J connectivity index is 1.86. The third kappa shape index (κ3) is 1.83. The molecule has 4 rings (SSSR count). The Kier molecular flexibility index (Phi) is 3.20. The highest BCUT2D eigenvalue weighted by Crippen LogP contribution is 2.46. The van der Waals surface area contributed by atoms with E-state index in [1.165, 1.54) is 11.9 Å². The minimum Gasteiger partial charge on any atom is -0.328 e. The van der Waals surface area contributed by atoms with Crippen molar-refractivity contribution >= 4 is 46.7 Å². The molecule has 2 heterocycles. The van der Waals surface area contributed by atoms with E-state index in [2.05, 4.69) is 4.72 Å². The Bertz CT molecular complexity index is 734. The summed E-state index contributed by atoms with van der Waals surface area (Å²) in [7, 11) is 0. The minimum absolute atomic E-state index is 0.0568. The van der Waals surface area contributed by atoms with Gasteiger partial charge in [-0.15, -0.1) is 0 Å². The Labute approximate surface area is 135 Å². The van der Waals surface area contributed by atoms with Crippen molar-refractivity contribution in [3.05, 3.63) is 33.6 Å². The second-order valence-electron chi connectivity index (χ2n) is 5.54. The number of hydrogen-bond acceptors (Lipinski definition) is 4. The molecule has 0 fully saturated rings. The number of carbonyl (C=O) groups excluding carboxylic acids is 2. The molecule has 0 aromatic heterocycles. The maximum absolute atomic E-state index is 14.5. The Morgan fingerprint density at radius 2 is 1.82 bits per heavy atom. The van der Waals surface area contributed by atoms with Gasteiger partial charge in [-0.3, -0.25) is 9.59 Å². The number of rotatable bonds is 1. The van der Waals surface area contributed by atoms with Crippen molar-refractivity contribution < 1.29 is 14.0 Å². The summed E-state index contributed by atoms with van der Waals surface area (Å²) in [6.45, 7) is 0. The average molecular weight is 339 g/mol. The predicted octanol–water partition coefficient (Wildman–Crippen LogP) is 3.80. The van der Waals surface area contributed by atoms with Crippen molar-refractivity contribution in [2.75, 3.05) is 9.62 Å². The van der Waals surface area contributed by atoms with Gasteiger partial charge in [-0.1, -0.05) is 11.6 Å². The second kappa shape index (κ2) is 4.99. The van der Waals surface area contributed by atoms with Gasteiger partial charge in [0.2, 0.25) is 0 Å². The fraction of sp³-hybridized carbons (Fsp3) is 0.333. The van der Waals surface area contributed by atoms with Crippen molar-refractivity contribution in [3.63, 3.8) is 0 Å². The van der Waals surface area contributed by atoms with Crippen molar-refractivity contribution in [1.82, 2.24) is 0 Å². The molecule has 0 unspecified atom stereocenters. The highest BCUT2D eigenvalue weighted by atomic mass is 35.5. The number of halogens is 2. The molecule has 0 saturated carbocycles. The molecule has 7 heteroatoms. The highest BCUT2D eigenvalue weighted by molar-refractivity contribution is 8.00. The first kappa shape index (κ1) is 14.1. The maximum atomic E-state index is 14.5. The zero-order valence-corrected chi connectivity index (χ0v) is 13.1. The molecule has 3 aliphatic rings. The molecular formula is C15H12ClFN2O2S. The topological polar surface area (TPSA) is 49.4 Å². The lowest BCUT2D eigenvalue weighted by atomic mass is 9.93. The van der Waals surface area contributed by atoms with Gasteiger partial charge in [0.05, 0.1) is 16.4 Å². The molecule has 2 amide bonds. The molecule has 1 aromatic rings. The summed E-state index contributed by atoms with van der Waals surface area (Å²) in [5, 5.41) is 0.262. The van der Waals surface area contributed by atoms with E-state index in [4.69, 9.17) is 11.6 Å². The maximum Gasteiger partial charge on any atom is 0.261 e. The van der Waals surface area contributed by atoms with Gasteiger partial charge in [0.15, 0.2) is 0 Å². The SMILES string of the molecule is O=C1C2=C(CCCC2)C(=O)N1c1c(F)cc(Cl)c2c1CSN2. The van der Waals surface area contributed by atoms with E-state index in [-0.39, 0.29) is 22.5 Å². The van der Waals surface area contributed by atoms with Crippen LogP contribution in [0.1, 0.15) is 31.2 Å². The van der Waals surface area contributed by atoms with Gasteiger partial charge in [0.1, 0.15) is 5.82 Å². The Hall–Kier alpha value is -1.53. The molecular weight excluding hydrogens is 327 g/mol. The molecule has 0 radical (unpaired) electrons. The Morgan fingerprint density at radius 3 is 2.45 bits per heavy atom. The van der Waals surface area contributed by atoms with Crippen LogP contribution >= 0.6 is 23.5 Å². The van der Waals surface area contributed by atoms with Crippen LogP contribution in [0.3, 0.4) is 0 Å². The van der Waals surface area contributed by atoms with Gasteiger partial charge in [0, 0.05) is 22.5 Å². The van der Waals surface area contributed by atoms with Crippen LogP contribution in [0.15, 0.2) is 17.2 Å². The largest absolute Gasteiger partial charge is 0.328 e. The van der Waals surface area contributed by atoms with Crippen molar-refractivity contribution in [1.29, 1.82) is 0 Å². The summed E-state index contributed by atoms with van der Waals surface area (Å²) in [5.74, 6) is -0.918. The molecule has 2 aliphatic heterocycles. The van der Waals surface area contributed by atoms with Crippen molar-refractivity contribution in [2.24, 2.45) is 0 Å². The third-order valence-corrected chi connectivity index (χ3v) is 5.39. The molecule has 0 atom stereocenters. The lowest BCUT2D eigenvalue weighted by molar-refractivity contribution is -0.120. The van der Waals surface area contributed by atoms with E-state index < -0.39 is 5.82 Å². The van der Waals surface area contributed by atoms with Gasteiger partial charge in [-0.2, -0.15) is 0 Å². The third-order valence-electron chi connectivity index (χ3n) is 4.31. The molecule has 4 nitrogen and oxygen atoms in total. The van der Waals surface area contributed by atoms with E-state index >= 15 is 0 Å². The average Bonchev–Trinajstić information content (AvgIpc) is 3.07. The first-order chi connectivity index (χ1) is 10.6. The lowest BCUT2D eigenvalue weighted by Gasteiger charge is -2.19. The minimum atomic E-state index is -0.630. The van der Waals surface area contributed by atoms with Crippen LogP contribution in [0.4, 0.5) is 15.8 Å². The molecule has 0 spiro atoms. The zero-order chi connectivity index (χ0) is 15.4. The molecule has 114 valence electrons. The van der Waals surface area contributed by atoms with Gasteiger partial charge >= 0.3 is 0 Å². The normalized spacial score (nSPS) is 20.4. The van der Waals surface area contributed by atoms with E-state index in [1.807, 2.05) is 0 Å². The fourth-order valence-corrected chi connectivity index (χ4v) is 4.46. The van der Waals surface area contributed by atoms with Gasteiger partial charge in [0.25, 0.3) is 11.8 Å². The quantitative estimate of drug-likeness (QED) is 0.625. The lowest BCUT2D eigenvalue weighted by Crippen LogP contribution is -2.33. The van der Waals surface area contributed by atoms with Gasteiger partial charge in [-0.25, -0.2) is 9.29 Å². The molecule has 1 aliphatic carbocycles. The van der Waals surface area contributed by atoms with E-state index in [0.29, 0.717) is 41.0 Å². The number of carbonyl (C=O) groups is 2. The summed E-state index contributed by atoms with van der Waals surface area (Å²) in [4.78, 5) is 26.2. The fourth-order valence-electron chi connectivity index (χ4n) is 3.27. The number of nitrogens with one attached hydrogen (secondary N) is 1. The van der Waals surface area contributed by atoms with E-state index in [9.17, 15) is 14.0 Å². The monoisotopic (exact) mass is 338 g/mol. The van der Waals surface area contributed by atoms with Crippen LogP contribution in [-0.2, 0) is 15.3 Å². The van der Waals surface area contributed by atoms with Crippen LogP contribution < -0.4 is 9.62 Å². The smallest absolute Gasteiger partial charge is 0.261 e. The number of benzene rings is 1. The predicted molar refractivity (Wildman–Crippen MR) is 84.3 cm³/mol. The van der Waals surface area contributed by atoms with Crippen LogP contribution in [0.5, 0.6) is 0 Å². The Morgan fingerprint density at radius 1 is 1.18 bits per heavy atom. The van der Waals surface area contributed by atoms with Crippen LogP contribution in [0.25, 0.3) is 0 Å². The van der Waals surface area contributed by atoms with Crippen LogP contribution in [0, 0.1) is 5.82 Å². The highest BCUT2D eigenvalue weighted by Gasteiger charge is 2.42. The van der Waals surface area contributed by atoms with Crippen LogP contribution in [-0.4, -0.2) is 11.8 Å². The van der Waals surface area contributed by atoms with E-state index in [1.54, 1.807) is 0 Å². The summed E-state index contributed by atoms with van der Waals surface area (Å²) in [5.41, 5.74) is 2.34. The second-order valence-corrected chi connectivity index (χ2v) is 6.73. The number of imide groups is 1. The number of anilines is 2. The summed E-state index contributed by atoms with van der Waals surface area (Å²) >= 11 is 7.40. The first-order valence-corrected chi connectivity index (χ1v) is 8.45. The molecule has 22 heavy (non-hydrogen) atoms. The number of hydrogen-bond donors (Lipinski definition) is 1. The van der Waals surface area contributed by atoms with Gasteiger partial charge in [-0.05, 0) is 43.7 Å². The molecule has 0 bridgehead atoms. The van der Waals surface area contributed by atoms with Crippen molar-refractivity contribution in [3.8, 4) is 0 Å². The first-order valence-electron chi connectivity index (χ1n) is 7.09. The number of amides is 2.